The van der Waals surface area contributed by atoms with Gasteiger partial charge in [-0.25, -0.2) is 9.78 Å². The number of aromatic nitrogens is 1. The van der Waals surface area contributed by atoms with Crippen LogP contribution in [0, 0.1) is 6.92 Å². The summed E-state index contributed by atoms with van der Waals surface area (Å²) < 4.78 is 15.8. The topological polar surface area (TPSA) is 86.8 Å². The number of methoxy groups -OCH3 is 1. The molecule has 7 nitrogen and oxygen atoms in total. The van der Waals surface area contributed by atoms with E-state index in [1.807, 2.05) is 19.1 Å². The minimum absolute atomic E-state index is 0.0116. The lowest BCUT2D eigenvalue weighted by atomic mass is 10.0. The third-order valence-corrected chi connectivity index (χ3v) is 4.30. The molecular formula is C20H22N2O5. The molecule has 1 amide bonds. The van der Waals surface area contributed by atoms with E-state index in [1.54, 1.807) is 24.3 Å². The van der Waals surface area contributed by atoms with E-state index in [-0.39, 0.29) is 6.10 Å². The van der Waals surface area contributed by atoms with E-state index in [9.17, 15) is 9.59 Å². The van der Waals surface area contributed by atoms with Crippen molar-refractivity contribution in [3.8, 4) is 5.88 Å². The summed E-state index contributed by atoms with van der Waals surface area (Å²) in [5.41, 5.74) is 2.03. The molecule has 0 bridgehead atoms. The number of pyridine rings is 1. The third kappa shape index (κ3) is 4.83. The SMILES string of the molecule is COC(=O)C(NC(=O)c1ccc(OC2CCOC2)nc1)c1ccc(C)cc1. The molecule has 0 radical (unpaired) electrons. The Hall–Kier alpha value is -2.93. The van der Waals surface area contributed by atoms with Gasteiger partial charge in [-0.15, -0.1) is 0 Å². The molecule has 1 aromatic carbocycles. The van der Waals surface area contributed by atoms with Gasteiger partial charge >= 0.3 is 5.97 Å². The van der Waals surface area contributed by atoms with Gasteiger partial charge in [-0.05, 0) is 18.6 Å². The smallest absolute Gasteiger partial charge is 0.333 e. The van der Waals surface area contributed by atoms with Crippen molar-refractivity contribution >= 4 is 11.9 Å². The number of benzene rings is 1. The van der Waals surface area contributed by atoms with Gasteiger partial charge in [-0.2, -0.15) is 0 Å². The predicted octanol–water partition coefficient (Wildman–Crippen LogP) is 2.20. The van der Waals surface area contributed by atoms with Gasteiger partial charge in [0.1, 0.15) is 6.10 Å². The molecular weight excluding hydrogens is 348 g/mol. The number of rotatable bonds is 6. The number of esters is 1. The fourth-order valence-electron chi connectivity index (χ4n) is 2.73. The number of amides is 1. The Labute approximate surface area is 157 Å². The number of nitrogens with one attached hydrogen (secondary N) is 1. The van der Waals surface area contributed by atoms with Gasteiger partial charge in [0.15, 0.2) is 6.04 Å². The normalized spacial score (nSPS) is 17.2. The molecule has 2 unspecified atom stereocenters. The van der Waals surface area contributed by atoms with Crippen molar-refractivity contribution in [2.75, 3.05) is 20.3 Å². The number of hydrogen-bond donors (Lipinski definition) is 1. The highest BCUT2D eigenvalue weighted by Gasteiger charge is 2.24. The standard InChI is InChI=1S/C20H22N2O5/c1-13-3-5-14(6-4-13)18(20(24)25-2)22-19(23)15-7-8-17(21-11-15)27-16-9-10-26-12-16/h3-8,11,16,18H,9-10,12H2,1-2H3,(H,22,23). The lowest BCUT2D eigenvalue weighted by molar-refractivity contribution is -0.143. The van der Waals surface area contributed by atoms with Crippen molar-refractivity contribution in [1.29, 1.82) is 0 Å². The summed E-state index contributed by atoms with van der Waals surface area (Å²) in [6.45, 7) is 3.17. The van der Waals surface area contributed by atoms with Gasteiger partial charge in [-0.3, -0.25) is 4.79 Å². The summed E-state index contributed by atoms with van der Waals surface area (Å²) in [6.07, 6.45) is 2.23. The first-order chi connectivity index (χ1) is 13.1. The second-order valence-corrected chi connectivity index (χ2v) is 6.33. The molecule has 2 atom stereocenters. The highest BCUT2D eigenvalue weighted by atomic mass is 16.5. The summed E-state index contributed by atoms with van der Waals surface area (Å²) >= 11 is 0. The van der Waals surface area contributed by atoms with Gasteiger partial charge < -0.3 is 19.5 Å². The molecule has 1 N–H and O–H groups in total. The molecule has 27 heavy (non-hydrogen) atoms. The van der Waals surface area contributed by atoms with Crippen LogP contribution < -0.4 is 10.1 Å². The monoisotopic (exact) mass is 370 g/mol. The molecule has 2 heterocycles. The van der Waals surface area contributed by atoms with Crippen molar-refractivity contribution in [1.82, 2.24) is 10.3 Å². The first-order valence-electron chi connectivity index (χ1n) is 8.72. The molecule has 142 valence electrons. The Kier molecular flexibility index (Phi) is 6.03. The van der Waals surface area contributed by atoms with Crippen LogP contribution in [-0.2, 0) is 14.3 Å². The molecule has 2 aromatic rings. The molecule has 0 aliphatic carbocycles. The van der Waals surface area contributed by atoms with Gasteiger partial charge in [0.2, 0.25) is 5.88 Å². The van der Waals surface area contributed by atoms with Crippen LogP contribution >= 0.6 is 0 Å². The largest absolute Gasteiger partial charge is 0.472 e. The van der Waals surface area contributed by atoms with Gasteiger partial charge in [-0.1, -0.05) is 29.8 Å². The highest BCUT2D eigenvalue weighted by Crippen LogP contribution is 2.18. The van der Waals surface area contributed by atoms with Crippen molar-refractivity contribution in [3.63, 3.8) is 0 Å². The molecule has 1 aliphatic heterocycles. The molecule has 1 fully saturated rings. The summed E-state index contributed by atoms with van der Waals surface area (Å²) in [4.78, 5) is 28.8. The fourth-order valence-corrected chi connectivity index (χ4v) is 2.73. The zero-order valence-corrected chi connectivity index (χ0v) is 15.3. The average molecular weight is 370 g/mol. The Morgan fingerprint density at radius 1 is 1.22 bits per heavy atom. The number of hydrogen-bond acceptors (Lipinski definition) is 6. The highest BCUT2D eigenvalue weighted by molar-refractivity contribution is 5.96. The maximum atomic E-state index is 12.6. The summed E-state index contributed by atoms with van der Waals surface area (Å²) in [6, 6.07) is 9.67. The van der Waals surface area contributed by atoms with Crippen molar-refractivity contribution < 1.29 is 23.8 Å². The van der Waals surface area contributed by atoms with E-state index >= 15 is 0 Å². The predicted molar refractivity (Wildman–Crippen MR) is 97.5 cm³/mol. The molecule has 3 rings (SSSR count). The number of ether oxygens (including phenoxy) is 3. The summed E-state index contributed by atoms with van der Waals surface area (Å²) in [5.74, 6) is -0.527. The van der Waals surface area contributed by atoms with E-state index in [4.69, 9.17) is 14.2 Å². The van der Waals surface area contributed by atoms with Crippen molar-refractivity contribution in [3.05, 3.63) is 59.3 Å². The molecule has 1 saturated heterocycles. The van der Waals surface area contributed by atoms with Crippen molar-refractivity contribution in [2.24, 2.45) is 0 Å². The lowest BCUT2D eigenvalue weighted by Gasteiger charge is -2.17. The second kappa shape index (κ2) is 8.64. The number of carbonyl (C=O) groups is 2. The van der Waals surface area contributed by atoms with Crippen LogP contribution in [0.25, 0.3) is 0 Å². The summed E-state index contributed by atoms with van der Waals surface area (Å²) in [5, 5.41) is 2.70. The zero-order chi connectivity index (χ0) is 19.2. The van der Waals surface area contributed by atoms with Crippen LogP contribution in [0.5, 0.6) is 5.88 Å². The maximum absolute atomic E-state index is 12.6. The van der Waals surface area contributed by atoms with E-state index in [1.165, 1.54) is 13.3 Å². The molecule has 1 aliphatic rings. The minimum Gasteiger partial charge on any atom is -0.472 e. The zero-order valence-electron chi connectivity index (χ0n) is 15.3. The summed E-state index contributed by atoms with van der Waals surface area (Å²) in [7, 11) is 1.29. The van der Waals surface area contributed by atoms with Crippen LogP contribution in [-0.4, -0.2) is 43.3 Å². The first kappa shape index (κ1) is 18.8. The fraction of sp³-hybridized carbons (Fsp3) is 0.350. The van der Waals surface area contributed by atoms with Crippen LogP contribution in [0.1, 0.15) is 33.9 Å². The molecule has 1 aromatic heterocycles. The average Bonchev–Trinajstić information content (AvgIpc) is 3.20. The Bertz CT molecular complexity index is 783. The lowest BCUT2D eigenvalue weighted by Crippen LogP contribution is -2.34. The Morgan fingerprint density at radius 3 is 2.59 bits per heavy atom. The minimum atomic E-state index is -0.894. The van der Waals surface area contributed by atoms with E-state index in [0.29, 0.717) is 30.2 Å². The quantitative estimate of drug-likeness (QED) is 0.785. The van der Waals surface area contributed by atoms with Crippen LogP contribution in [0.4, 0.5) is 0 Å². The Morgan fingerprint density at radius 2 is 2.00 bits per heavy atom. The molecule has 0 saturated carbocycles. The maximum Gasteiger partial charge on any atom is 0.333 e. The molecule has 0 spiro atoms. The van der Waals surface area contributed by atoms with E-state index < -0.39 is 17.9 Å². The Balaban J connectivity index is 1.69. The molecule has 7 heteroatoms. The van der Waals surface area contributed by atoms with Gasteiger partial charge in [0.05, 0.1) is 25.9 Å². The first-order valence-corrected chi connectivity index (χ1v) is 8.72. The number of aryl methyl sites for hydroxylation is 1. The number of nitrogens with zero attached hydrogens (tertiary/aromatic N) is 1. The van der Waals surface area contributed by atoms with Crippen LogP contribution in [0.2, 0.25) is 0 Å². The van der Waals surface area contributed by atoms with Crippen molar-refractivity contribution in [2.45, 2.75) is 25.5 Å². The van der Waals surface area contributed by atoms with E-state index in [0.717, 1.165) is 12.0 Å². The third-order valence-electron chi connectivity index (χ3n) is 4.30. The number of carbonyl (C=O) groups excluding carboxylic acids is 2. The van der Waals surface area contributed by atoms with Crippen LogP contribution in [0.15, 0.2) is 42.6 Å². The van der Waals surface area contributed by atoms with Gasteiger partial charge in [0.25, 0.3) is 5.91 Å². The second-order valence-electron chi connectivity index (χ2n) is 6.33. The van der Waals surface area contributed by atoms with Crippen LogP contribution in [0.3, 0.4) is 0 Å². The van der Waals surface area contributed by atoms with E-state index in [2.05, 4.69) is 10.3 Å². The van der Waals surface area contributed by atoms with Gasteiger partial charge in [0, 0.05) is 18.7 Å².